The highest BCUT2D eigenvalue weighted by Crippen LogP contribution is 2.31. The van der Waals surface area contributed by atoms with E-state index in [0.717, 1.165) is 35.6 Å². The molecule has 0 unspecified atom stereocenters. The quantitative estimate of drug-likeness (QED) is 0.152. The van der Waals surface area contributed by atoms with Crippen molar-refractivity contribution in [3.05, 3.63) is 126 Å². The van der Waals surface area contributed by atoms with E-state index in [-0.39, 0.29) is 11.6 Å². The summed E-state index contributed by atoms with van der Waals surface area (Å²) >= 11 is 0. The largest absolute Gasteiger partial charge is 0.384 e. The first-order valence-electron chi connectivity index (χ1n) is 16.2. The molecule has 0 saturated heterocycles. The van der Waals surface area contributed by atoms with Gasteiger partial charge in [0.15, 0.2) is 0 Å². The lowest BCUT2D eigenvalue weighted by Crippen LogP contribution is -2.23. The summed E-state index contributed by atoms with van der Waals surface area (Å²) in [6, 6.07) is 24.2. The van der Waals surface area contributed by atoms with E-state index in [1.165, 1.54) is 87.8 Å². The molecule has 7 nitrogen and oxygen atoms in total. The molecule has 2 aromatic carbocycles. The van der Waals surface area contributed by atoms with Gasteiger partial charge in [-0.05, 0) is 98.5 Å². The molecule has 0 aliphatic heterocycles. The second kappa shape index (κ2) is 18.8. The predicted octanol–water partition coefficient (Wildman–Crippen LogP) is 9.43. The topological polar surface area (TPSA) is 89.7 Å². The minimum Gasteiger partial charge on any atom is -0.384 e. The van der Waals surface area contributed by atoms with Gasteiger partial charge in [-0.1, -0.05) is 37.8 Å². The van der Waals surface area contributed by atoms with Gasteiger partial charge in [-0.25, -0.2) is 25.3 Å². The van der Waals surface area contributed by atoms with Gasteiger partial charge in [0.25, 0.3) is 0 Å². The molecule has 244 valence electrons. The van der Waals surface area contributed by atoms with E-state index >= 15 is 0 Å². The van der Waals surface area contributed by atoms with Crippen molar-refractivity contribution in [1.82, 2.24) is 14.4 Å². The Morgan fingerprint density at radius 1 is 0.809 bits per heavy atom. The van der Waals surface area contributed by atoms with Crippen LogP contribution in [0.1, 0.15) is 74.6 Å². The van der Waals surface area contributed by atoms with Crippen LogP contribution < -0.4 is 11.1 Å². The number of aldehydes is 1. The number of halogens is 2. The van der Waals surface area contributed by atoms with E-state index in [0.29, 0.717) is 29.8 Å². The Kier molecular flexibility index (Phi) is 13.9. The number of carbonyl (C=O) groups is 1. The normalized spacial score (nSPS) is 14.6. The van der Waals surface area contributed by atoms with Crippen LogP contribution in [0, 0.1) is 18.2 Å². The third-order valence-electron chi connectivity index (χ3n) is 8.04. The maximum Gasteiger partial charge on any atom is 0.223 e. The molecular weight excluding hydrogens is 594 g/mol. The summed E-state index contributed by atoms with van der Waals surface area (Å²) in [6.45, 7) is 6.72. The van der Waals surface area contributed by atoms with Gasteiger partial charge < -0.3 is 15.9 Å². The number of imidazole rings is 1. The van der Waals surface area contributed by atoms with Crippen molar-refractivity contribution in [3.63, 3.8) is 0 Å². The Labute approximate surface area is 275 Å². The van der Waals surface area contributed by atoms with Crippen molar-refractivity contribution in [2.75, 3.05) is 11.1 Å². The Morgan fingerprint density at radius 2 is 1.43 bits per heavy atom. The number of pyridine rings is 2. The average molecular weight is 637 g/mol. The number of hydrogen-bond acceptors (Lipinski definition) is 5. The molecule has 0 radical (unpaired) electrons. The molecule has 47 heavy (non-hydrogen) atoms. The van der Waals surface area contributed by atoms with Gasteiger partial charge in [-0.2, -0.15) is 0 Å². The van der Waals surface area contributed by atoms with Gasteiger partial charge in [0, 0.05) is 42.4 Å². The summed E-state index contributed by atoms with van der Waals surface area (Å²) in [7, 11) is 0. The zero-order chi connectivity index (χ0) is 33.3. The number of anilines is 2. The Balaban J connectivity index is 0.000000170. The van der Waals surface area contributed by atoms with Gasteiger partial charge in [0.2, 0.25) is 6.04 Å². The molecule has 0 bridgehead atoms. The molecule has 0 spiro atoms. The van der Waals surface area contributed by atoms with Crippen LogP contribution >= 0.6 is 0 Å². The van der Waals surface area contributed by atoms with Gasteiger partial charge >= 0.3 is 0 Å². The molecule has 0 amide bonds. The van der Waals surface area contributed by atoms with Gasteiger partial charge in [-0.15, -0.1) is 0 Å². The van der Waals surface area contributed by atoms with E-state index in [4.69, 9.17) is 17.3 Å². The highest BCUT2D eigenvalue weighted by molar-refractivity contribution is 5.76. The summed E-state index contributed by atoms with van der Waals surface area (Å²) in [5.41, 5.74) is 8.48. The summed E-state index contributed by atoms with van der Waals surface area (Å²) in [5.74, 6) is 1.04. The lowest BCUT2D eigenvalue weighted by atomic mass is 9.95. The van der Waals surface area contributed by atoms with E-state index < -0.39 is 0 Å². The first-order valence-corrected chi connectivity index (χ1v) is 16.2. The third kappa shape index (κ3) is 11.3. The van der Waals surface area contributed by atoms with Crippen molar-refractivity contribution >= 4 is 23.6 Å². The molecule has 2 aliphatic rings. The van der Waals surface area contributed by atoms with Crippen molar-refractivity contribution in [3.8, 4) is 11.3 Å². The predicted molar refractivity (Wildman–Crippen MR) is 185 cm³/mol. The number of nitrogens with zero attached hydrogens (tertiary/aromatic N) is 4. The van der Waals surface area contributed by atoms with E-state index in [2.05, 4.69) is 19.5 Å². The second-order valence-corrected chi connectivity index (χ2v) is 11.6. The molecule has 2 fully saturated rings. The van der Waals surface area contributed by atoms with Crippen molar-refractivity contribution in [2.45, 2.75) is 76.3 Å². The standard InChI is InChI=1S/C19H20FN3.C7H5FO.C7H11N.C5H6N2/c20-15-11-9-14(10-12-15)18-19(21-16-6-2-1-3-7-16)23-13-5-4-8-17(23)22-18;8-7-3-1-6(5-9)2-4-7;1-8-7-5-3-2-4-6-7;6-5-3-1-2-4-7-5/h4-5,8-13,16,21H,1-3,6-7H2;1-5H;7H,2-6H2;1-4H,(H2,6,7). The van der Waals surface area contributed by atoms with Crippen LogP contribution in [0.2, 0.25) is 0 Å². The van der Waals surface area contributed by atoms with Crippen LogP contribution in [0.25, 0.3) is 21.7 Å². The number of benzene rings is 2. The summed E-state index contributed by atoms with van der Waals surface area (Å²) < 4.78 is 27.4. The van der Waals surface area contributed by atoms with E-state index in [9.17, 15) is 13.6 Å². The van der Waals surface area contributed by atoms with E-state index in [1.54, 1.807) is 24.4 Å². The molecule has 2 saturated carbocycles. The van der Waals surface area contributed by atoms with Gasteiger partial charge in [0.05, 0.1) is 0 Å². The molecule has 3 N–H and O–H groups in total. The molecule has 7 rings (SSSR count). The summed E-state index contributed by atoms with van der Waals surface area (Å²) in [4.78, 5) is 22.0. The Morgan fingerprint density at radius 3 is 1.96 bits per heavy atom. The zero-order valence-electron chi connectivity index (χ0n) is 26.6. The number of fused-ring (bicyclic) bond motifs is 1. The first-order chi connectivity index (χ1) is 23.0. The Bertz CT molecular complexity index is 1670. The molecule has 0 atom stereocenters. The molecule has 3 heterocycles. The SMILES string of the molecule is Fc1ccc(-c2nc3ccccn3c2NC2CCCCC2)cc1.Nc1ccccn1.O=Cc1ccc(F)cc1.[C-]#[N+]C1CCCCC1. The fraction of sp³-hybridized carbons (Fsp3) is 0.316. The number of nitrogens with two attached hydrogens (primary N) is 1. The van der Waals surface area contributed by atoms with Crippen LogP contribution in [0.15, 0.2) is 97.3 Å². The van der Waals surface area contributed by atoms with Crippen molar-refractivity contribution in [1.29, 1.82) is 0 Å². The number of nitrogen functional groups attached to an aromatic ring is 1. The second-order valence-electron chi connectivity index (χ2n) is 11.6. The maximum absolute atomic E-state index is 13.2. The first kappa shape index (κ1) is 34.8. The van der Waals surface area contributed by atoms with Crippen molar-refractivity contribution < 1.29 is 13.6 Å². The fourth-order valence-corrected chi connectivity index (χ4v) is 5.51. The maximum atomic E-state index is 13.2. The smallest absolute Gasteiger partial charge is 0.223 e. The van der Waals surface area contributed by atoms with Crippen LogP contribution in [0.4, 0.5) is 20.4 Å². The lowest BCUT2D eigenvalue weighted by Gasteiger charge is -2.24. The number of hydrogen-bond donors (Lipinski definition) is 2. The average Bonchev–Trinajstić information content (AvgIpc) is 3.49. The number of rotatable bonds is 4. The lowest BCUT2D eigenvalue weighted by molar-refractivity contribution is 0.112. The minimum absolute atomic E-state index is 0.223. The van der Waals surface area contributed by atoms with Crippen LogP contribution in [0.3, 0.4) is 0 Å². The highest BCUT2D eigenvalue weighted by Gasteiger charge is 2.19. The molecule has 5 aromatic rings. The number of aromatic nitrogens is 3. The monoisotopic (exact) mass is 636 g/mol. The summed E-state index contributed by atoms with van der Waals surface area (Å²) in [6.07, 6.45) is 16.9. The molecular formula is C38H42F2N6O. The molecule has 2 aliphatic carbocycles. The van der Waals surface area contributed by atoms with E-state index in [1.807, 2.05) is 36.5 Å². The highest BCUT2D eigenvalue weighted by atomic mass is 19.1. The van der Waals surface area contributed by atoms with Crippen LogP contribution in [0.5, 0.6) is 0 Å². The fourth-order valence-electron chi connectivity index (χ4n) is 5.51. The molecule has 3 aromatic heterocycles. The third-order valence-corrected chi connectivity index (χ3v) is 8.04. The zero-order valence-corrected chi connectivity index (χ0v) is 26.6. The van der Waals surface area contributed by atoms with Crippen LogP contribution in [-0.2, 0) is 0 Å². The van der Waals surface area contributed by atoms with Crippen LogP contribution in [-0.4, -0.2) is 32.7 Å². The minimum atomic E-state index is -0.319. The molecule has 9 heteroatoms. The van der Waals surface area contributed by atoms with Gasteiger partial charge in [-0.3, -0.25) is 9.20 Å². The number of carbonyl (C=O) groups excluding carboxylic acids is 1. The van der Waals surface area contributed by atoms with Crippen molar-refractivity contribution in [2.24, 2.45) is 0 Å². The van der Waals surface area contributed by atoms with Gasteiger partial charge in [0.1, 0.15) is 40.9 Å². The summed E-state index contributed by atoms with van der Waals surface area (Å²) in [5, 5.41) is 3.69. The number of nitrogens with one attached hydrogen (secondary N) is 1. The Hall–Kier alpha value is -5.10.